The third-order valence-corrected chi connectivity index (χ3v) is 7.39. The van der Waals surface area contributed by atoms with E-state index in [1.807, 2.05) is 12.1 Å². The standard InChI is InChI=1S/C25H42ClO4PS/c1-3-11-23(24-13-15-25(26)16-14-24)17-21-32-20-9-7-5-4-6-8-12-22(2)29-18-10-19-30-31(27)28/h13-16,22-23H,3-12,17-21H2,1-2H3/p+1. The molecule has 0 aliphatic heterocycles. The van der Waals surface area contributed by atoms with Gasteiger partial charge in [-0.3, -0.25) is 0 Å². The minimum atomic E-state index is -2.48. The summed E-state index contributed by atoms with van der Waals surface area (Å²) < 4.78 is 20.7. The van der Waals surface area contributed by atoms with Gasteiger partial charge >= 0.3 is 8.25 Å². The summed E-state index contributed by atoms with van der Waals surface area (Å²) in [6, 6.07) is 8.42. The first-order valence-corrected chi connectivity index (χ1v) is 14.9. The third-order valence-electron chi connectivity index (χ3n) is 5.63. The molecular formula is C25H43ClO4PS+. The Kier molecular flexibility index (Phi) is 18.9. The lowest BCUT2D eigenvalue weighted by molar-refractivity contribution is 0.0505. The van der Waals surface area contributed by atoms with Gasteiger partial charge in [-0.1, -0.05) is 69.2 Å². The summed E-state index contributed by atoms with van der Waals surface area (Å²) in [7, 11) is -2.48. The van der Waals surface area contributed by atoms with Crippen LogP contribution in [0.5, 0.6) is 0 Å². The molecule has 32 heavy (non-hydrogen) atoms. The van der Waals surface area contributed by atoms with Crippen LogP contribution in [0.1, 0.15) is 96.0 Å². The van der Waals surface area contributed by atoms with E-state index in [2.05, 4.69) is 42.3 Å². The third kappa shape index (κ3) is 16.5. The van der Waals surface area contributed by atoms with Crippen molar-refractivity contribution in [1.82, 2.24) is 0 Å². The fraction of sp³-hybridized carbons (Fsp3) is 0.760. The Bertz CT molecular complexity index is 588. The van der Waals surface area contributed by atoms with Crippen molar-refractivity contribution in [2.75, 3.05) is 24.7 Å². The fourth-order valence-electron chi connectivity index (χ4n) is 3.80. The van der Waals surface area contributed by atoms with Crippen molar-refractivity contribution in [3.8, 4) is 0 Å². The number of thioether (sulfide) groups is 1. The first-order chi connectivity index (χ1) is 15.5. The molecule has 0 radical (unpaired) electrons. The maximum absolute atomic E-state index is 10.4. The Labute approximate surface area is 206 Å². The smallest absolute Gasteiger partial charge is 0.378 e. The molecule has 0 amide bonds. The van der Waals surface area contributed by atoms with E-state index in [9.17, 15) is 4.57 Å². The van der Waals surface area contributed by atoms with Gasteiger partial charge in [-0.25, -0.2) is 0 Å². The number of halogens is 1. The van der Waals surface area contributed by atoms with Gasteiger partial charge in [0.2, 0.25) is 0 Å². The van der Waals surface area contributed by atoms with Crippen molar-refractivity contribution in [2.24, 2.45) is 0 Å². The van der Waals surface area contributed by atoms with Crippen LogP contribution in [0.15, 0.2) is 24.3 Å². The lowest BCUT2D eigenvalue weighted by atomic mass is 9.92. The van der Waals surface area contributed by atoms with E-state index in [0.29, 0.717) is 18.9 Å². The lowest BCUT2D eigenvalue weighted by Gasteiger charge is -2.16. The van der Waals surface area contributed by atoms with Gasteiger partial charge in [0.15, 0.2) is 0 Å². The average molecular weight is 506 g/mol. The van der Waals surface area contributed by atoms with Crippen LogP contribution in [0.2, 0.25) is 5.02 Å². The van der Waals surface area contributed by atoms with Gasteiger partial charge in [0.05, 0.1) is 6.10 Å². The van der Waals surface area contributed by atoms with Gasteiger partial charge in [0, 0.05) is 16.2 Å². The maximum Gasteiger partial charge on any atom is 0.694 e. The van der Waals surface area contributed by atoms with Crippen molar-refractivity contribution >= 4 is 31.6 Å². The number of hydrogen-bond donors (Lipinski definition) is 1. The Balaban J connectivity index is 1.93. The second kappa shape index (κ2) is 20.2. The molecule has 4 nitrogen and oxygen atoms in total. The van der Waals surface area contributed by atoms with E-state index >= 15 is 0 Å². The van der Waals surface area contributed by atoms with Crippen LogP contribution in [-0.4, -0.2) is 35.7 Å². The van der Waals surface area contributed by atoms with Crippen molar-refractivity contribution in [3.63, 3.8) is 0 Å². The Morgan fingerprint density at radius 1 is 0.938 bits per heavy atom. The van der Waals surface area contributed by atoms with Crippen LogP contribution in [-0.2, 0) is 13.8 Å². The van der Waals surface area contributed by atoms with Crippen LogP contribution in [0, 0.1) is 0 Å². The van der Waals surface area contributed by atoms with E-state index in [1.165, 1.54) is 74.9 Å². The minimum absolute atomic E-state index is 0.249. The molecule has 3 atom stereocenters. The van der Waals surface area contributed by atoms with Gasteiger partial charge in [0.1, 0.15) is 6.61 Å². The number of rotatable bonds is 21. The molecule has 7 heteroatoms. The van der Waals surface area contributed by atoms with Crippen LogP contribution in [0.3, 0.4) is 0 Å². The second-order valence-corrected chi connectivity index (χ2v) is 10.8. The number of ether oxygens (including phenoxy) is 1. The number of unbranched alkanes of at least 4 members (excludes halogenated alkanes) is 5. The van der Waals surface area contributed by atoms with Crippen molar-refractivity contribution < 1.29 is 18.7 Å². The molecule has 184 valence electrons. The fourth-order valence-corrected chi connectivity index (χ4v) is 5.28. The predicted molar refractivity (Wildman–Crippen MR) is 139 cm³/mol. The average Bonchev–Trinajstić information content (AvgIpc) is 2.77. The Hall–Kier alpha value is -0.160. The van der Waals surface area contributed by atoms with Crippen LogP contribution in [0.4, 0.5) is 0 Å². The molecule has 0 saturated carbocycles. The van der Waals surface area contributed by atoms with Crippen molar-refractivity contribution in [2.45, 2.75) is 96.5 Å². The molecule has 0 aliphatic rings. The topological polar surface area (TPSA) is 55.8 Å². The monoisotopic (exact) mass is 505 g/mol. The summed E-state index contributed by atoms with van der Waals surface area (Å²) in [6.07, 6.45) is 13.5. The zero-order chi connectivity index (χ0) is 23.4. The van der Waals surface area contributed by atoms with Gasteiger partial charge in [0.25, 0.3) is 0 Å². The van der Waals surface area contributed by atoms with Crippen molar-refractivity contribution in [3.05, 3.63) is 34.9 Å². The maximum atomic E-state index is 10.4. The van der Waals surface area contributed by atoms with Crippen LogP contribution < -0.4 is 0 Å². The Morgan fingerprint density at radius 2 is 1.62 bits per heavy atom. The van der Waals surface area contributed by atoms with Crippen molar-refractivity contribution in [1.29, 1.82) is 0 Å². The highest BCUT2D eigenvalue weighted by Gasteiger charge is 2.11. The van der Waals surface area contributed by atoms with E-state index in [1.54, 1.807) is 0 Å². The molecule has 0 saturated heterocycles. The second-order valence-electron chi connectivity index (χ2n) is 8.45. The van der Waals surface area contributed by atoms with Gasteiger partial charge in [-0.15, -0.1) is 9.42 Å². The Morgan fingerprint density at radius 3 is 2.31 bits per heavy atom. The summed E-state index contributed by atoms with van der Waals surface area (Å²) in [5.41, 5.74) is 1.44. The van der Waals surface area contributed by atoms with Crippen LogP contribution in [0.25, 0.3) is 0 Å². The molecule has 0 bridgehead atoms. The zero-order valence-corrected chi connectivity index (χ0v) is 22.4. The molecule has 0 aromatic heterocycles. The molecule has 0 heterocycles. The van der Waals surface area contributed by atoms with E-state index in [4.69, 9.17) is 21.2 Å². The van der Waals surface area contributed by atoms with Gasteiger partial charge in [-0.2, -0.15) is 11.8 Å². The molecule has 1 aromatic rings. The van der Waals surface area contributed by atoms with Crippen LogP contribution >= 0.6 is 31.6 Å². The quantitative estimate of drug-likeness (QED) is 0.134. The molecular weight excluding hydrogens is 463 g/mol. The molecule has 0 aliphatic carbocycles. The molecule has 3 unspecified atom stereocenters. The summed E-state index contributed by atoms with van der Waals surface area (Å²) >= 11 is 8.14. The molecule has 1 N–H and O–H groups in total. The molecule has 1 rings (SSSR count). The number of benzene rings is 1. The minimum Gasteiger partial charge on any atom is -0.378 e. The number of hydrogen-bond acceptors (Lipinski definition) is 4. The lowest BCUT2D eigenvalue weighted by Crippen LogP contribution is -2.10. The normalized spacial score (nSPS) is 13.8. The van der Waals surface area contributed by atoms with Gasteiger partial charge < -0.3 is 4.74 Å². The van der Waals surface area contributed by atoms with E-state index in [0.717, 1.165) is 11.4 Å². The zero-order valence-electron chi connectivity index (χ0n) is 20.0. The molecule has 1 aromatic carbocycles. The highest BCUT2D eigenvalue weighted by molar-refractivity contribution is 7.99. The first kappa shape index (κ1) is 29.9. The van der Waals surface area contributed by atoms with Gasteiger partial charge in [-0.05, 0) is 74.1 Å². The summed E-state index contributed by atoms with van der Waals surface area (Å²) in [6.45, 7) is 5.23. The summed E-state index contributed by atoms with van der Waals surface area (Å²) in [5, 5.41) is 0.822. The van der Waals surface area contributed by atoms with E-state index in [-0.39, 0.29) is 12.7 Å². The largest absolute Gasteiger partial charge is 0.694 e. The highest BCUT2D eigenvalue weighted by atomic mass is 35.5. The molecule has 0 fully saturated rings. The summed E-state index contributed by atoms with van der Waals surface area (Å²) in [5.74, 6) is 3.19. The highest BCUT2D eigenvalue weighted by Crippen LogP contribution is 2.28. The molecule has 0 spiro atoms. The summed E-state index contributed by atoms with van der Waals surface area (Å²) in [4.78, 5) is 8.55. The SMILES string of the molecule is CCCC(CCSCCCCCCCCC(C)OCCCO[P+](=O)O)c1ccc(Cl)cc1. The first-order valence-electron chi connectivity index (χ1n) is 12.3. The van der Waals surface area contributed by atoms with E-state index < -0.39 is 8.25 Å². The predicted octanol–water partition coefficient (Wildman–Crippen LogP) is 8.54.